The Labute approximate surface area is 99.4 Å². The second kappa shape index (κ2) is 5.24. The third-order valence-electron chi connectivity index (χ3n) is 2.28. The number of benzene rings is 1. The van der Waals surface area contributed by atoms with Gasteiger partial charge in [0.15, 0.2) is 5.82 Å². The lowest BCUT2D eigenvalue weighted by Crippen LogP contribution is -2.31. The second-order valence-corrected chi connectivity index (χ2v) is 3.34. The molecule has 0 spiro atoms. The van der Waals surface area contributed by atoms with Crippen LogP contribution in [0.4, 0.5) is 17.2 Å². The Bertz CT molecular complexity index is 472. The molecule has 0 amide bonds. The van der Waals surface area contributed by atoms with E-state index in [1.54, 1.807) is 12.3 Å². The lowest BCUT2D eigenvalue weighted by Gasteiger charge is -2.21. The number of nitrogens with one attached hydrogen (secondary N) is 2. The van der Waals surface area contributed by atoms with E-state index in [4.69, 9.17) is 5.84 Å². The minimum atomic E-state index is 0.661. The highest BCUT2D eigenvalue weighted by Crippen LogP contribution is 2.21. The molecule has 0 aliphatic carbocycles. The van der Waals surface area contributed by atoms with Crippen LogP contribution in [-0.4, -0.2) is 17.2 Å². The highest BCUT2D eigenvalue weighted by molar-refractivity contribution is 5.61. The van der Waals surface area contributed by atoms with Crippen molar-refractivity contribution in [1.82, 2.24) is 15.6 Å². The molecular weight excluding hydrogens is 216 g/mol. The molecule has 0 fully saturated rings. The zero-order valence-electron chi connectivity index (χ0n) is 9.46. The molecule has 88 valence electrons. The molecule has 0 aliphatic rings. The monoisotopic (exact) mass is 230 g/mol. The lowest BCUT2D eigenvalue weighted by molar-refractivity contribution is 0.802. The summed E-state index contributed by atoms with van der Waals surface area (Å²) in [5, 5.41) is 9.74. The lowest BCUT2D eigenvalue weighted by atomic mass is 10.3. The third kappa shape index (κ3) is 2.49. The summed E-state index contributed by atoms with van der Waals surface area (Å²) in [5.41, 5.74) is 7.26. The molecule has 17 heavy (non-hydrogen) atoms. The van der Waals surface area contributed by atoms with Gasteiger partial charge in [0.2, 0.25) is 0 Å². The average Bonchev–Trinajstić information content (AvgIpc) is 2.41. The van der Waals surface area contributed by atoms with Crippen LogP contribution >= 0.6 is 0 Å². The molecule has 0 atom stereocenters. The number of anilines is 3. The normalized spacial score (nSPS) is 10.0. The standard InChI is InChI=1S/C11H14N6/c1-13-17(10-5-3-2-4-6-10)11-7-9(15-12)8-14-16-11/h2-8,13H,12H2,1H3,(H,15,16). The van der Waals surface area contributed by atoms with Crippen molar-refractivity contribution in [3.8, 4) is 0 Å². The summed E-state index contributed by atoms with van der Waals surface area (Å²) >= 11 is 0. The number of hydrogen-bond donors (Lipinski definition) is 3. The van der Waals surface area contributed by atoms with Gasteiger partial charge < -0.3 is 5.43 Å². The number of hydrazine groups is 2. The molecule has 6 heteroatoms. The van der Waals surface area contributed by atoms with Crippen molar-refractivity contribution < 1.29 is 0 Å². The zero-order chi connectivity index (χ0) is 12.1. The fraction of sp³-hybridized carbons (Fsp3) is 0.0909. The Morgan fingerprint density at radius 2 is 2.00 bits per heavy atom. The van der Waals surface area contributed by atoms with Gasteiger partial charge in [-0.25, -0.2) is 5.43 Å². The Kier molecular flexibility index (Phi) is 3.49. The van der Waals surface area contributed by atoms with Crippen LogP contribution in [0, 0.1) is 0 Å². The molecule has 0 aliphatic heterocycles. The molecule has 0 bridgehead atoms. The quantitative estimate of drug-likeness (QED) is 0.538. The van der Waals surface area contributed by atoms with Gasteiger partial charge in [0, 0.05) is 13.1 Å². The minimum absolute atomic E-state index is 0.661. The van der Waals surface area contributed by atoms with Gasteiger partial charge in [0.1, 0.15) is 0 Å². The number of para-hydroxylation sites is 1. The summed E-state index contributed by atoms with van der Waals surface area (Å²) in [6.45, 7) is 0. The molecule has 0 saturated carbocycles. The van der Waals surface area contributed by atoms with Crippen LogP contribution in [-0.2, 0) is 0 Å². The molecule has 6 nitrogen and oxygen atoms in total. The number of aromatic nitrogens is 2. The number of nitrogen functional groups attached to an aromatic ring is 1. The van der Waals surface area contributed by atoms with E-state index in [0.29, 0.717) is 11.5 Å². The van der Waals surface area contributed by atoms with E-state index >= 15 is 0 Å². The number of nitrogens with two attached hydrogens (primary N) is 1. The van der Waals surface area contributed by atoms with Crippen LogP contribution in [0.1, 0.15) is 0 Å². The molecule has 1 heterocycles. The maximum absolute atomic E-state index is 5.34. The van der Waals surface area contributed by atoms with Crippen LogP contribution in [0.3, 0.4) is 0 Å². The Morgan fingerprint density at radius 3 is 2.65 bits per heavy atom. The number of rotatable bonds is 4. The first-order valence-electron chi connectivity index (χ1n) is 5.17. The first-order chi connectivity index (χ1) is 8.35. The molecule has 2 rings (SSSR count). The third-order valence-corrected chi connectivity index (χ3v) is 2.28. The fourth-order valence-corrected chi connectivity index (χ4v) is 1.50. The number of nitrogens with zero attached hydrogens (tertiary/aromatic N) is 3. The maximum atomic E-state index is 5.34. The van der Waals surface area contributed by atoms with Gasteiger partial charge in [-0.3, -0.25) is 10.9 Å². The largest absolute Gasteiger partial charge is 0.322 e. The van der Waals surface area contributed by atoms with Crippen molar-refractivity contribution in [2.24, 2.45) is 5.84 Å². The molecule has 1 aromatic heterocycles. The van der Waals surface area contributed by atoms with Crippen LogP contribution in [0.15, 0.2) is 42.6 Å². The van der Waals surface area contributed by atoms with Crippen LogP contribution in [0.25, 0.3) is 0 Å². The van der Waals surface area contributed by atoms with E-state index < -0.39 is 0 Å². The predicted molar refractivity (Wildman–Crippen MR) is 67.5 cm³/mol. The van der Waals surface area contributed by atoms with Gasteiger partial charge in [-0.05, 0) is 12.1 Å². The predicted octanol–water partition coefficient (Wildman–Crippen LogP) is 1.03. The van der Waals surface area contributed by atoms with Gasteiger partial charge in [0.25, 0.3) is 0 Å². The van der Waals surface area contributed by atoms with Gasteiger partial charge in [-0.1, -0.05) is 18.2 Å². The molecule has 2 aromatic rings. The van der Waals surface area contributed by atoms with Gasteiger partial charge >= 0.3 is 0 Å². The van der Waals surface area contributed by atoms with E-state index in [1.165, 1.54) is 0 Å². The van der Waals surface area contributed by atoms with Crippen molar-refractivity contribution in [3.63, 3.8) is 0 Å². The summed E-state index contributed by atoms with van der Waals surface area (Å²) < 4.78 is 0. The van der Waals surface area contributed by atoms with Crippen LogP contribution < -0.4 is 21.7 Å². The van der Waals surface area contributed by atoms with Crippen molar-refractivity contribution in [1.29, 1.82) is 0 Å². The minimum Gasteiger partial charge on any atom is -0.322 e. The molecule has 0 radical (unpaired) electrons. The number of hydrogen-bond acceptors (Lipinski definition) is 6. The van der Waals surface area contributed by atoms with Crippen molar-refractivity contribution >= 4 is 17.2 Å². The van der Waals surface area contributed by atoms with Crippen molar-refractivity contribution in [2.45, 2.75) is 0 Å². The Hall–Kier alpha value is -2.18. The van der Waals surface area contributed by atoms with Crippen LogP contribution in [0.2, 0.25) is 0 Å². The molecule has 1 aromatic carbocycles. The molecular formula is C11H14N6. The molecule has 4 N–H and O–H groups in total. The van der Waals surface area contributed by atoms with E-state index in [9.17, 15) is 0 Å². The van der Waals surface area contributed by atoms with E-state index in [0.717, 1.165) is 5.69 Å². The topological polar surface area (TPSA) is 79.1 Å². The van der Waals surface area contributed by atoms with E-state index in [2.05, 4.69) is 21.0 Å². The fourth-order valence-electron chi connectivity index (χ4n) is 1.50. The van der Waals surface area contributed by atoms with Gasteiger partial charge in [-0.2, -0.15) is 5.10 Å². The molecule has 0 saturated heterocycles. The van der Waals surface area contributed by atoms with E-state index in [1.807, 2.05) is 42.4 Å². The Morgan fingerprint density at radius 1 is 1.24 bits per heavy atom. The zero-order valence-corrected chi connectivity index (χ0v) is 9.46. The summed E-state index contributed by atoms with van der Waals surface area (Å²) in [6.07, 6.45) is 1.56. The van der Waals surface area contributed by atoms with Crippen LogP contribution in [0.5, 0.6) is 0 Å². The summed E-state index contributed by atoms with van der Waals surface area (Å²) in [7, 11) is 1.82. The highest BCUT2D eigenvalue weighted by atomic mass is 15.5. The SMILES string of the molecule is CNN(c1ccccc1)c1cc(NN)cnn1. The summed E-state index contributed by atoms with van der Waals surface area (Å²) in [6, 6.07) is 11.6. The molecule has 0 unspecified atom stereocenters. The highest BCUT2D eigenvalue weighted by Gasteiger charge is 2.09. The van der Waals surface area contributed by atoms with E-state index in [-0.39, 0.29) is 0 Å². The van der Waals surface area contributed by atoms with Gasteiger partial charge in [0.05, 0.1) is 17.6 Å². The summed E-state index contributed by atoms with van der Waals surface area (Å²) in [4.78, 5) is 0. The first-order valence-corrected chi connectivity index (χ1v) is 5.17. The Balaban J connectivity index is 2.35. The van der Waals surface area contributed by atoms with Crippen molar-refractivity contribution in [2.75, 3.05) is 17.5 Å². The smallest absolute Gasteiger partial charge is 0.172 e. The van der Waals surface area contributed by atoms with Gasteiger partial charge in [-0.15, -0.1) is 5.10 Å². The summed E-state index contributed by atoms with van der Waals surface area (Å²) in [5.74, 6) is 6.00. The van der Waals surface area contributed by atoms with Crippen molar-refractivity contribution in [3.05, 3.63) is 42.6 Å². The average molecular weight is 230 g/mol. The first kappa shape index (κ1) is 11.3. The second-order valence-electron chi connectivity index (χ2n) is 3.34. The maximum Gasteiger partial charge on any atom is 0.172 e.